The molecule has 0 bridgehead atoms. The third-order valence-electron chi connectivity index (χ3n) is 1.98. The van der Waals surface area contributed by atoms with Gasteiger partial charge >= 0.3 is 6.18 Å². The summed E-state index contributed by atoms with van der Waals surface area (Å²) in [6.07, 6.45) is -3.20. The van der Waals surface area contributed by atoms with E-state index in [2.05, 4.69) is 17.0 Å². The Morgan fingerprint density at radius 3 is 2.39 bits per heavy atom. The van der Waals surface area contributed by atoms with E-state index in [1.165, 1.54) is 13.1 Å². The molecule has 98 valence electrons. The molecule has 0 atom stereocenters. The SMILES string of the molecule is C=N/C=C(\C)Nc1c(NCC(F)(F)F)c(=O)c1=O. The number of hydrogen-bond acceptors (Lipinski definition) is 5. The second-order valence-electron chi connectivity index (χ2n) is 3.50. The van der Waals surface area contributed by atoms with Crippen molar-refractivity contribution in [2.45, 2.75) is 13.1 Å². The standard InChI is InChI=1S/C10H10F3N3O2/c1-5(3-14-2)16-7-6(8(17)9(7)18)15-4-10(11,12)13/h3,15-16H,2,4H2,1H3/b5-3+. The zero-order chi connectivity index (χ0) is 13.9. The molecule has 18 heavy (non-hydrogen) atoms. The molecule has 8 heteroatoms. The van der Waals surface area contributed by atoms with Crippen molar-refractivity contribution in [3.05, 3.63) is 32.3 Å². The van der Waals surface area contributed by atoms with E-state index < -0.39 is 23.6 Å². The van der Waals surface area contributed by atoms with Gasteiger partial charge in [0, 0.05) is 11.9 Å². The number of anilines is 2. The van der Waals surface area contributed by atoms with Crippen LogP contribution in [-0.2, 0) is 0 Å². The van der Waals surface area contributed by atoms with Crippen LogP contribution in [0.4, 0.5) is 24.5 Å². The molecule has 1 aromatic carbocycles. The first-order valence-electron chi connectivity index (χ1n) is 4.80. The van der Waals surface area contributed by atoms with Gasteiger partial charge in [0.1, 0.15) is 17.9 Å². The summed E-state index contributed by atoms with van der Waals surface area (Å²) < 4.78 is 35.9. The van der Waals surface area contributed by atoms with E-state index in [4.69, 9.17) is 0 Å². The van der Waals surface area contributed by atoms with Gasteiger partial charge in [-0.15, -0.1) is 0 Å². The Balaban J connectivity index is 2.85. The second-order valence-corrected chi connectivity index (χ2v) is 3.50. The van der Waals surface area contributed by atoms with Crippen molar-refractivity contribution in [1.82, 2.24) is 0 Å². The Bertz CT molecular complexity index is 553. The van der Waals surface area contributed by atoms with Crippen LogP contribution < -0.4 is 21.5 Å². The first kappa shape index (κ1) is 13.9. The fourth-order valence-corrected chi connectivity index (χ4v) is 1.23. The maximum absolute atomic E-state index is 12.0. The molecule has 2 N–H and O–H groups in total. The Morgan fingerprint density at radius 1 is 1.33 bits per heavy atom. The van der Waals surface area contributed by atoms with E-state index >= 15 is 0 Å². The lowest BCUT2D eigenvalue weighted by atomic mass is 10.2. The molecule has 0 aliphatic carbocycles. The maximum atomic E-state index is 12.0. The quantitative estimate of drug-likeness (QED) is 0.617. The molecule has 0 spiro atoms. The van der Waals surface area contributed by atoms with Crippen molar-refractivity contribution in [2.24, 2.45) is 4.99 Å². The highest BCUT2D eigenvalue weighted by Crippen LogP contribution is 2.20. The fourth-order valence-electron chi connectivity index (χ4n) is 1.23. The van der Waals surface area contributed by atoms with Gasteiger partial charge in [0.15, 0.2) is 0 Å². The largest absolute Gasteiger partial charge is 0.405 e. The molecule has 1 aromatic rings. The van der Waals surface area contributed by atoms with Crippen LogP contribution in [0.25, 0.3) is 0 Å². The summed E-state index contributed by atoms with van der Waals surface area (Å²) in [5, 5.41) is 4.38. The van der Waals surface area contributed by atoms with Gasteiger partial charge in [-0.05, 0) is 13.6 Å². The first-order valence-corrected chi connectivity index (χ1v) is 4.80. The normalized spacial score (nSPS) is 12.6. The second kappa shape index (κ2) is 5.03. The number of alkyl halides is 3. The predicted octanol–water partition coefficient (Wildman–Crippen LogP) is 1.23. The van der Waals surface area contributed by atoms with Gasteiger partial charge in [0.2, 0.25) is 0 Å². The van der Waals surface area contributed by atoms with Crippen LogP contribution in [0, 0.1) is 0 Å². The van der Waals surface area contributed by atoms with Gasteiger partial charge in [-0.2, -0.15) is 13.2 Å². The lowest BCUT2D eigenvalue weighted by molar-refractivity contribution is -0.115. The average Bonchev–Trinajstić information content (AvgIpc) is 2.26. The van der Waals surface area contributed by atoms with E-state index in [-0.39, 0.29) is 11.4 Å². The van der Waals surface area contributed by atoms with E-state index in [1.54, 1.807) is 0 Å². The van der Waals surface area contributed by atoms with Crippen LogP contribution in [0.1, 0.15) is 6.92 Å². The summed E-state index contributed by atoms with van der Waals surface area (Å²) >= 11 is 0. The van der Waals surface area contributed by atoms with Crippen LogP contribution >= 0.6 is 0 Å². The number of hydrogen-bond donors (Lipinski definition) is 2. The molecule has 0 aromatic heterocycles. The molecule has 5 nitrogen and oxygen atoms in total. The number of aliphatic imine (C=N–C) groups is 1. The fraction of sp³-hybridized carbons (Fsp3) is 0.300. The molecular weight excluding hydrogens is 251 g/mol. The topological polar surface area (TPSA) is 70.6 Å². The zero-order valence-corrected chi connectivity index (χ0v) is 9.39. The van der Waals surface area contributed by atoms with E-state index in [0.717, 1.165) is 0 Å². The lowest BCUT2D eigenvalue weighted by Crippen LogP contribution is -2.39. The highest BCUT2D eigenvalue weighted by atomic mass is 19.4. The zero-order valence-electron chi connectivity index (χ0n) is 9.39. The minimum absolute atomic E-state index is 0.193. The number of nitrogens with zero attached hydrogens (tertiary/aromatic N) is 1. The predicted molar refractivity (Wildman–Crippen MR) is 62.8 cm³/mol. The van der Waals surface area contributed by atoms with E-state index in [9.17, 15) is 22.8 Å². The molecular formula is C10H10F3N3O2. The number of nitrogens with one attached hydrogen (secondary N) is 2. The van der Waals surface area contributed by atoms with E-state index in [1.807, 2.05) is 5.32 Å². The average molecular weight is 261 g/mol. The van der Waals surface area contributed by atoms with Gasteiger partial charge in [-0.1, -0.05) is 0 Å². The minimum atomic E-state index is -4.47. The summed E-state index contributed by atoms with van der Waals surface area (Å²) in [6, 6.07) is 0. The Labute approximate surface area is 99.7 Å². The molecule has 0 radical (unpaired) electrons. The molecule has 0 aliphatic heterocycles. The van der Waals surface area contributed by atoms with Crippen molar-refractivity contribution in [2.75, 3.05) is 17.2 Å². The summed E-state index contributed by atoms with van der Waals surface area (Å²) in [7, 11) is 0. The van der Waals surface area contributed by atoms with Crippen molar-refractivity contribution >= 4 is 18.1 Å². The number of halogens is 3. The Hall–Kier alpha value is -2.12. The van der Waals surface area contributed by atoms with Crippen LogP contribution in [0.5, 0.6) is 0 Å². The molecule has 1 rings (SSSR count). The highest BCUT2D eigenvalue weighted by Gasteiger charge is 2.30. The molecule has 0 saturated carbocycles. The van der Waals surface area contributed by atoms with Crippen LogP contribution in [0.2, 0.25) is 0 Å². The van der Waals surface area contributed by atoms with Crippen molar-refractivity contribution < 1.29 is 13.2 Å². The smallest absolute Gasteiger partial charge is 0.371 e. The molecule has 0 fully saturated rings. The van der Waals surface area contributed by atoms with Crippen LogP contribution in [0.15, 0.2) is 26.5 Å². The van der Waals surface area contributed by atoms with Crippen LogP contribution in [0.3, 0.4) is 0 Å². The lowest BCUT2D eigenvalue weighted by Gasteiger charge is -2.15. The first-order chi connectivity index (χ1) is 8.26. The van der Waals surface area contributed by atoms with Gasteiger partial charge in [-0.25, -0.2) is 0 Å². The van der Waals surface area contributed by atoms with E-state index in [0.29, 0.717) is 5.70 Å². The molecule has 0 saturated heterocycles. The van der Waals surface area contributed by atoms with Gasteiger partial charge in [0.05, 0.1) is 0 Å². The third kappa shape index (κ3) is 3.19. The van der Waals surface area contributed by atoms with Gasteiger partial charge < -0.3 is 10.6 Å². The number of allylic oxidation sites excluding steroid dienone is 1. The molecule has 0 aliphatic rings. The summed E-state index contributed by atoms with van der Waals surface area (Å²) in [4.78, 5) is 25.7. The summed E-state index contributed by atoms with van der Waals surface area (Å²) in [5.74, 6) is 0. The monoisotopic (exact) mass is 261 g/mol. The Morgan fingerprint density at radius 2 is 1.89 bits per heavy atom. The van der Waals surface area contributed by atoms with Gasteiger partial charge in [-0.3, -0.25) is 14.6 Å². The third-order valence-corrected chi connectivity index (χ3v) is 1.98. The maximum Gasteiger partial charge on any atom is 0.405 e. The number of rotatable bonds is 5. The molecule has 0 amide bonds. The molecule has 0 heterocycles. The van der Waals surface area contributed by atoms with Crippen molar-refractivity contribution in [1.29, 1.82) is 0 Å². The Kier molecular flexibility index (Phi) is 3.89. The highest BCUT2D eigenvalue weighted by molar-refractivity contribution is 5.75. The van der Waals surface area contributed by atoms with Crippen molar-refractivity contribution in [3.63, 3.8) is 0 Å². The minimum Gasteiger partial charge on any atom is -0.371 e. The molecule has 0 unspecified atom stereocenters. The van der Waals surface area contributed by atoms with Crippen LogP contribution in [-0.4, -0.2) is 19.4 Å². The van der Waals surface area contributed by atoms with Gasteiger partial charge in [0.25, 0.3) is 10.9 Å². The summed E-state index contributed by atoms with van der Waals surface area (Å²) in [5.41, 5.74) is -2.01. The van der Waals surface area contributed by atoms with Crippen molar-refractivity contribution in [3.8, 4) is 0 Å². The summed E-state index contributed by atoms with van der Waals surface area (Å²) in [6.45, 7) is 3.32.